The molecule has 2 aromatic carbocycles. The number of hydrogen-bond donors (Lipinski definition) is 1. The van der Waals surface area contributed by atoms with Gasteiger partial charge in [0.1, 0.15) is 35.2 Å². The van der Waals surface area contributed by atoms with Crippen LogP contribution in [-0.4, -0.2) is 26.2 Å². The maximum atomic E-state index is 6.18. The second kappa shape index (κ2) is 5.50. The molecule has 5 nitrogen and oxygen atoms in total. The summed E-state index contributed by atoms with van der Waals surface area (Å²) in [5.41, 5.74) is 8.14. The minimum Gasteiger partial charge on any atom is -0.497 e. The van der Waals surface area contributed by atoms with Crippen LogP contribution < -0.4 is 15.2 Å². The third-order valence-corrected chi connectivity index (χ3v) is 4.92. The summed E-state index contributed by atoms with van der Waals surface area (Å²) < 4.78 is 18.4. The number of halogens is 1. The molecule has 0 saturated heterocycles. The summed E-state index contributed by atoms with van der Waals surface area (Å²) in [5, 5.41) is 0. The fourth-order valence-electron chi connectivity index (χ4n) is 3.36. The minimum absolute atomic E-state index is 0.338. The number of rotatable bonds is 1. The number of aliphatic imine (C=N–C) groups is 1. The molecule has 1 spiro atoms. The highest BCUT2D eigenvalue weighted by Gasteiger charge is 2.45. The van der Waals surface area contributed by atoms with Crippen molar-refractivity contribution in [2.24, 2.45) is 10.7 Å². The molecule has 1 atom stereocenters. The minimum atomic E-state index is -0.728. The molecule has 0 bridgehead atoms. The number of fused-ring (bicyclic) bond motifs is 4. The van der Waals surface area contributed by atoms with Crippen molar-refractivity contribution in [3.63, 3.8) is 0 Å². The third kappa shape index (κ3) is 2.21. The van der Waals surface area contributed by atoms with Crippen LogP contribution in [0.5, 0.6) is 17.2 Å². The van der Waals surface area contributed by atoms with Crippen LogP contribution in [0.25, 0.3) is 0 Å². The number of amidine groups is 1. The van der Waals surface area contributed by atoms with Gasteiger partial charge in [0.2, 0.25) is 0 Å². The molecule has 0 aromatic heterocycles. The van der Waals surface area contributed by atoms with Crippen molar-refractivity contribution in [1.29, 1.82) is 0 Å². The van der Waals surface area contributed by atoms with Crippen molar-refractivity contribution in [3.8, 4) is 17.2 Å². The lowest BCUT2D eigenvalue weighted by molar-refractivity contribution is 0.109. The average molecular weight is 389 g/mol. The number of nitrogens with zero attached hydrogens (tertiary/aromatic N) is 1. The highest BCUT2D eigenvalue weighted by atomic mass is 79.9. The van der Waals surface area contributed by atoms with Crippen LogP contribution in [0.4, 0.5) is 0 Å². The zero-order valence-electron chi connectivity index (χ0n) is 13.4. The first-order chi connectivity index (χ1) is 11.5. The van der Waals surface area contributed by atoms with Gasteiger partial charge in [-0.2, -0.15) is 0 Å². The zero-order valence-corrected chi connectivity index (χ0v) is 15.0. The second-order valence-corrected chi connectivity index (χ2v) is 6.94. The molecule has 0 aliphatic carbocycles. The van der Waals surface area contributed by atoms with E-state index in [-0.39, 0.29) is 0 Å². The van der Waals surface area contributed by atoms with Crippen LogP contribution in [0.2, 0.25) is 0 Å². The number of methoxy groups -OCH3 is 1. The Hall–Kier alpha value is -2.05. The van der Waals surface area contributed by atoms with Crippen LogP contribution in [-0.2, 0) is 10.3 Å². The van der Waals surface area contributed by atoms with Crippen LogP contribution >= 0.6 is 15.9 Å². The van der Waals surface area contributed by atoms with Gasteiger partial charge in [0.15, 0.2) is 0 Å². The molecule has 0 radical (unpaired) electrons. The lowest BCUT2D eigenvalue weighted by Gasteiger charge is -2.40. The van der Waals surface area contributed by atoms with E-state index in [9.17, 15) is 0 Å². The first kappa shape index (κ1) is 15.5. The van der Waals surface area contributed by atoms with Crippen LogP contribution in [0.15, 0.2) is 39.8 Å². The largest absolute Gasteiger partial charge is 0.497 e. The molecular weight excluding hydrogens is 372 g/mol. The van der Waals surface area contributed by atoms with E-state index in [1.54, 1.807) is 7.11 Å². The molecule has 6 heteroatoms. The van der Waals surface area contributed by atoms with Gasteiger partial charge in [-0.3, -0.25) is 4.99 Å². The van der Waals surface area contributed by atoms with Crippen LogP contribution in [0.1, 0.15) is 16.7 Å². The van der Waals surface area contributed by atoms with E-state index in [1.807, 2.05) is 37.3 Å². The van der Waals surface area contributed by atoms with E-state index in [1.165, 1.54) is 0 Å². The first-order valence-electron chi connectivity index (χ1n) is 7.62. The molecule has 0 fully saturated rings. The Balaban J connectivity index is 2.06. The molecule has 0 saturated carbocycles. The Morgan fingerprint density at radius 2 is 2.08 bits per heavy atom. The van der Waals surface area contributed by atoms with Crippen molar-refractivity contribution in [2.45, 2.75) is 12.5 Å². The molecule has 2 aromatic rings. The smallest absolute Gasteiger partial charge is 0.143 e. The number of ether oxygens (including phenoxy) is 3. The number of nitrogens with two attached hydrogens (primary N) is 1. The highest BCUT2D eigenvalue weighted by Crippen LogP contribution is 2.52. The molecule has 2 N–H and O–H groups in total. The molecule has 0 unspecified atom stereocenters. The van der Waals surface area contributed by atoms with Gasteiger partial charge in [0.25, 0.3) is 0 Å². The molecule has 4 rings (SSSR count). The van der Waals surface area contributed by atoms with Crippen molar-refractivity contribution in [3.05, 3.63) is 51.5 Å². The quantitative estimate of drug-likeness (QED) is 0.811. The zero-order chi connectivity index (χ0) is 16.9. The first-order valence-corrected chi connectivity index (χ1v) is 8.42. The Morgan fingerprint density at radius 1 is 1.25 bits per heavy atom. The van der Waals surface area contributed by atoms with E-state index >= 15 is 0 Å². The Labute approximate surface area is 148 Å². The standard InChI is InChI=1S/C18H17BrN2O3/c1-10-5-12(22-2)7-14-17(10)24-15-4-3-11(19)6-13(15)18(14)9-23-8-16(20)21-18/h3-7H,8-9H2,1-2H3,(H2,20,21)/t18-/m0/s1. The SMILES string of the molecule is COc1cc(C)c2c(c1)[C@]1(COCC(N)=N1)c1cc(Br)ccc1O2. The van der Waals surface area contributed by atoms with E-state index in [0.29, 0.717) is 19.0 Å². The number of aryl methyl sites for hydroxylation is 1. The fourth-order valence-corrected chi connectivity index (χ4v) is 3.72. The maximum absolute atomic E-state index is 6.18. The predicted octanol–water partition coefficient (Wildman–Crippen LogP) is 3.50. The molecule has 0 amide bonds. The summed E-state index contributed by atoms with van der Waals surface area (Å²) in [6.45, 7) is 2.74. The summed E-state index contributed by atoms with van der Waals surface area (Å²) in [4.78, 5) is 4.83. The summed E-state index contributed by atoms with van der Waals surface area (Å²) in [6, 6.07) is 9.81. The van der Waals surface area contributed by atoms with Crippen molar-refractivity contribution < 1.29 is 14.2 Å². The van der Waals surface area contributed by atoms with E-state index in [2.05, 4.69) is 15.9 Å². The van der Waals surface area contributed by atoms with E-state index in [0.717, 1.165) is 38.4 Å². The fraction of sp³-hybridized carbons (Fsp3) is 0.278. The van der Waals surface area contributed by atoms with Gasteiger partial charge in [0.05, 0.1) is 13.7 Å². The van der Waals surface area contributed by atoms with Gasteiger partial charge in [0, 0.05) is 15.6 Å². The Kier molecular flexibility index (Phi) is 3.54. The lowest BCUT2D eigenvalue weighted by atomic mass is 9.79. The summed E-state index contributed by atoms with van der Waals surface area (Å²) in [5.74, 6) is 2.78. The van der Waals surface area contributed by atoms with Crippen molar-refractivity contribution in [2.75, 3.05) is 20.3 Å². The van der Waals surface area contributed by atoms with Crippen LogP contribution in [0, 0.1) is 6.92 Å². The number of benzene rings is 2. The molecule has 2 heterocycles. The van der Waals surface area contributed by atoms with E-state index < -0.39 is 5.54 Å². The van der Waals surface area contributed by atoms with Crippen molar-refractivity contribution in [1.82, 2.24) is 0 Å². The van der Waals surface area contributed by atoms with Gasteiger partial charge in [-0.25, -0.2) is 0 Å². The van der Waals surface area contributed by atoms with Gasteiger partial charge in [-0.05, 0) is 42.8 Å². The molecule has 124 valence electrons. The monoisotopic (exact) mass is 388 g/mol. The highest BCUT2D eigenvalue weighted by molar-refractivity contribution is 9.10. The molecule has 2 aliphatic heterocycles. The van der Waals surface area contributed by atoms with Gasteiger partial charge < -0.3 is 19.9 Å². The molecule has 24 heavy (non-hydrogen) atoms. The Bertz CT molecular complexity index is 866. The lowest BCUT2D eigenvalue weighted by Crippen LogP contribution is -2.42. The maximum Gasteiger partial charge on any atom is 0.143 e. The number of hydrogen-bond acceptors (Lipinski definition) is 5. The summed E-state index contributed by atoms with van der Waals surface area (Å²) >= 11 is 3.54. The van der Waals surface area contributed by atoms with Gasteiger partial charge in [-0.1, -0.05) is 15.9 Å². The average Bonchev–Trinajstić information content (AvgIpc) is 2.56. The Morgan fingerprint density at radius 3 is 2.83 bits per heavy atom. The van der Waals surface area contributed by atoms with Crippen molar-refractivity contribution >= 4 is 21.8 Å². The topological polar surface area (TPSA) is 66.1 Å². The predicted molar refractivity (Wildman–Crippen MR) is 95.2 cm³/mol. The summed E-state index contributed by atoms with van der Waals surface area (Å²) in [7, 11) is 1.65. The van der Waals surface area contributed by atoms with Gasteiger partial charge in [-0.15, -0.1) is 0 Å². The molecular formula is C18H17BrN2O3. The van der Waals surface area contributed by atoms with E-state index in [4.69, 9.17) is 24.9 Å². The normalized spacial score (nSPS) is 21.5. The second-order valence-electron chi connectivity index (χ2n) is 6.02. The summed E-state index contributed by atoms with van der Waals surface area (Å²) in [6.07, 6.45) is 0. The van der Waals surface area contributed by atoms with Crippen LogP contribution in [0.3, 0.4) is 0 Å². The third-order valence-electron chi connectivity index (χ3n) is 4.42. The van der Waals surface area contributed by atoms with Gasteiger partial charge >= 0.3 is 0 Å². The molecule has 2 aliphatic rings.